The normalized spacial score (nSPS) is 19.9. The lowest BCUT2D eigenvalue weighted by atomic mass is 9.92. The Kier molecular flexibility index (Phi) is 9.63. The van der Waals surface area contributed by atoms with Gasteiger partial charge in [-0.2, -0.15) is 0 Å². The van der Waals surface area contributed by atoms with Crippen molar-refractivity contribution in [2.45, 2.75) is 32.6 Å². The van der Waals surface area contributed by atoms with Crippen LogP contribution in [0.4, 0.5) is 0 Å². The zero-order valence-corrected chi connectivity index (χ0v) is 15.8. The molecule has 2 amide bonds. The number of carbonyl (C=O) groups excluding carboxylic acids is 2. The van der Waals surface area contributed by atoms with Crippen LogP contribution >= 0.6 is 12.4 Å². The number of likely N-dealkylation sites (tertiary alicyclic amines) is 2. The van der Waals surface area contributed by atoms with E-state index >= 15 is 0 Å². The van der Waals surface area contributed by atoms with E-state index < -0.39 is 0 Å². The molecule has 0 aromatic rings. The average molecular weight is 362 g/mol. The van der Waals surface area contributed by atoms with Crippen molar-refractivity contribution in [2.24, 2.45) is 11.8 Å². The molecule has 0 bridgehead atoms. The summed E-state index contributed by atoms with van der Waals surface area (Å²) in [5.74, 6) is 1.28. The number of amides is 2. The molecule has 0 atom stereocenters. The number of rotatable bonds is 6. The number of piperidine rings is 2. The van der Waals surface area contributed by atoms with Gasteiger partial charge in [0.1, 0.15) is 0 Å². The molecule has 6 nitrogen and oxygen atoms in total. The quantitative estimate of drug-likeness (QED) is 0.721. The van der Waals surface area contributed by atoms with Gasteiger partial charge in [-0.3, -0.25) is 9.59 Å². The molecule has 2 heterocycles. The molecule has 2 aliphatic heterocycles. The summed E-state index contributed by atoms with van der Waals surface area (Å²) in [6.45, 7) is 7.11. The molecule has 140 valence electrons. The zero-order chi connectivity index (χ0) is 16.7. The van der Waals surface area contributed by atoms with Gasteiger partial charge in [0.05, 0.1) is 13.2 Å². The van der Waals surface area contributed by atoms with Gasteiger partial charge >= 0.3 is 0 Å². The first kappa shape index (κ1) is 21.2. The second kappa shape index (κ2) is 10.9. The standard InChI is InChI=1S/C17H31N3O3.ClH/c1-14-3-8-20(9-4-14)17(22)15-5-10-19(11-6-15)16(21)13-18-7-12-23-2;/h14-15,18H,3-13H2,1-2H3;1H. The molecule has 2 saturated heterocycles. The fourth-order valence-electron chi connectivity index (χ4n) is 3.34. The van der Waals surface area contributed by atoms with E-state index in [1.165, 1.54) is 0 Å². The number of nitrogens with one attached hydrogen (secondary N) is 1. The minimum absolute atomic E-state index is 0. The molecule has 0 unspecified atom stereocenters. The fraction of sp³-hybridized carbons (Fsp3) is 0.882. The Labute approximate surface area is 151 Å². The summed E-state index contributed by atoms with van der Waals surface area (Å²) in [6.07, 6.45) is 3.84. The summed E-state index contributed by atoms with van der Waals surface area (Å²) in [4.78, 5) is 28.6. The summed E-state index contributed by atoms with van der Waals surface area (Å²) >= 11 is 0. The third-order valence-electron chi connectivity index (χ3n) is 5.05. The van der Waals surface area contributed by atoms with Crippen molar-refractivity contribution in [3.8, 4) is 0 Å². The minimum Gasteiger partial charge on any atom is -0.383 e. The number of hydrogen-bond acceptors (Lipinski definition) is 4. The smallest absolute Gasteiger partial charge is 0.236 e. The zero-order valence-electron chi connectivity index (χ0n) is 15.0. The van der Waals surface area contributed by atoms with Crippen molar-refractivity contribution < 1.29 is 14.3 Å². The third kappa shape index (κ3) is 6.22. The highest BCUT2D eigenvalue weighted by atomic mass is 35.5. The number of hydrogen-bond donors (Lipinski definition) is 1. The highest BCUT2D eigenvalue weighted by Gasteiger charge is 2.31. The molecule has 0 aromatic carbocycles. The molecule has 0 aromatic heterocycles. The largest absolute Gasteiger partial charge is 0.383 e. The van der Waals surface area contributed by atoms with Gasteiger partial charge < -0.3 is 19.9 Å². The molecular formula is C17H32ClN3O3. The van der Waals surface area contributed by atoms with Crippen LogP contribution in [0.5, 0.6) is 0 Å². The Morgan fingerprint density at radius 1 is 1.04 bits per heavy atom. The summed E-state index contributed by atoms with van der Waals surface area (Å²) in [7, 11) is 1.65. The Hall–Kier alpha value is -0.850. The van der Waals surface area contributed by atoms with E-state index in [9.17, 15) is 9.59 Å². The maximum Gasteiger partial charge on any atom is 0.236 e. The highest BCUT2D eigenvalue weighted by Crippen LogP contribution is 2.23. The highest BCUT2D eigenvalue weighted by molar-refractivity contribution is 5.85. The Balaban J connectivity index is 0.00000288. The molecule has 2 fully saturated rings. The summed E-state index contributed by atoms with van der Waals surface area (Å²) < 4.78 is 4.94. The van der Waals surface area contributed by atoms with Crippen LogP contribution in [0.3, 0.4) is 0 Å². The number of carbonyl (C=O) groups is 2. The molecule has 0 aliphatic carbocycles. The van der Waals surface area contributed by atoms with Gasteiger partial charge in [-0.25, -0.2) is 0 Å². The SMILES string of the molecule is COCCNCC(=O)N1CCC(C(=O)N2CCC(C)CC2)CC1.Cl. The minimum atomic E-state index is 0. The van der Waals surface area contributed by atoms with Crippen molar-refractivity contribution in [3.05, 3.63) is 0 Å². The van der Waals surface area contributed by atoms with Crippen molar-refractivity contribution in [2.75, 3.05) is 53.0 Å². The van der Waals surface area contributed by atoms with E-state index in [0.717, 1.165) is 44.7 Å². The molecule has 2 rings (SSSR count). The number of methoxy groups -OCH3 is 1. The summed E-state index contributed by atoms with van der Waals surface area (Å²) in [6, 6.07) is 0. The van der Waals surface area contributed by atoms with Crippen LogP contribution in [0, 0.1) is 11.8 Å². The van der Waals surface area contributed by atoms with Crippen LogP contribution < -0.4 is 5.32 Å². The summed E-state index contributed by atoms with van der Waals surface area (Å²) in [5, 5.41) is 3.08. The van der Waals surface area contributed by atoms with Crippen LogP contribution in [0.1, 0.15) is 32.6 Å². The Morgan fingerprint density at radius 3 is 2.21 bits per heavy atom. The van der Waals surface area contributed by atoms with Crippen LogP contribution in [-0.4, -0.2) is 74.6 Å². The van der Waals surface area contributed by atoms with Gasteiger partial charge in [0.15, 0.2) is 0 Å². The van der Waals surface area contributed by atoms with E-state index in [1.807, 2.05) is 9.80 Å². The maximum absolute atomic E-state index is 12.6. The predicted molar refractivity (Wildman–Crippen MR) is 96.3 cm³/mol. The van der Waals surface area contributed by atoms with Gasteiger partial charge in [-0.1, -0.05) is 6.92 Å². The van der Waals surface area contributed by atoms with Gasteiger partial charge in [0.25, 0.3) is 0 Å². The van der Waals surface area contributed by atoms with E-state index in [0.29, 0.717) is 38.7 Å². The topological polar surface area (TPSA) is 61.9 Å². The van der Waals surface area contributed by atoms with E-state index in [1.54, 1.807) is 7.11 Å². The van der Waals surface area contributed by atoms with Gasteiger partial charge in [0.2, 0.25) is 11.8 Å². The van der Waals surface area contributed by atoms with Gasteiger partial charge in [0, 0.05) is 45.8 Å². The van der Waals surface area contributed by atoms with Gasteiger partial charge in [-0.05, 0) is 31.6 Å². The molecule has 2 aliphatic rings. The monoisotopic (exact) mass is 361 g/mol. The lowest BCUT2D eigenvalue weighted by molar-refractivity contribution is -0.141. The van der Waals surface area contributed by atoms with Crippen LogP contribution in [0.15, 0.2) is 0 Å². The fourth-order valence-corrected chi connectivity index (χ4v) is 3.34. The van der Waals surface area contributed by atoms with Crippen LogP contribution in [-0.2, 0) is 14.3 Å². The van der Waals surface area contributed by atoms with Crippen LogP contribution in [0.2, 0.25) is 0 Å². The first-order chi connectivity index (χ1) is 11.1. The second-order valence-corrected chi connectivity index (χ2v) is 6.83. The molecule has 0 saturated carbocycles. The molecule has 0 spiro atoms. The first-order valence-corrected chi connectivity index (χ1v) is 8.88. The first-order valence-electron chi connectivity index (χ1n) is 8.88. The van der Waals surface area contributed by atoms with Gasteiger partial charge in [-0.15, -0.1) is 12.4 Å². The van der Waals surface area contributed by atoms with Crippen molar-refractivity contribution >= 4 is 24.2 Å². The Bertz CT molecular complexity index is 393. The second-order valence-electron chi connectivity index (χ2n) is 6.83. The van der Waals surface area contributed by atoms with Crippen molar-refractivity contribution in [3.63, 3.8) is 0 Å². The summed E-state index contributed by atoms with van der Waals surface area (Å²) in [5.41, 5.74) is 0. The molecule has 24 heavy (non-hydrogen) atoms. The molecule has 0 radical (unpaired) electrons. The van der Waals surface area contributed by atoms with Crippen molar-refractivity contribution in [1.82, 2.24) is 15.1 Å². The number of halogens is 1. The number of ether oxygens (including phenoxy) is 1. The molecule has 1 N–H and O–H groups in total. The number of nitrogens with zero attached hydrogens (tertiary/aromatic N) is 2. The lowest BCUT2D eigenvalue weighted by Gasteiger charge is -2.36. The maximum atomic E-state index is 12.6. The third-order valence-corrected chi connectivity index (χ3v) is 5.05. The predicted octanol–water partition coefficient (Wildman–Crippen LogP) is 1.14. The molecular weight excluding hydrogens is 330 g/mol. The van der Waals surface area contributed by atoms with E-state index in [2.05, 4.69) is 12.2 Å². The molecule has 7 heteroatoms. The van der Waals surface area contributed by atoms with Crippen LogP contribution in [0.25, 0.3) is 0 Å². The van der Waals surface area contributed by atoms with E-state index in [-0.39, 0.29) is 24.2 Å². The lowest BCUT2D eigenvalue weighted by Crippen LogP contribution is -2.48. The van der Waals surface area contributed by atoms with E-state index in [4.69, 9.17) is 4.74 Å². The van der Waals surface area contributed by atoms with Crippen molar-refractivity contribution in [1.29, 1.82) is 0 Å². The average Bonchev–Trinajstić information content (AvgIpc) is 2.59. The Morgan fingerprint density at radius 2 is 1.62 bits per heavy atom.